The van der Waals surface area contributed by atoms with Crippen molar-refractivity contribution in [2.24, 2.45) is 0 Å². The van der Waals surface area contributed by atoms with E-state index in [0.717, 1.165) is 6.29 Å². The van der Waals surface area contributed by atoms with Gasteiger partial charge in [-0.3, -0.25) is 0 Å². The van der Waals surface area contributed by atoms with Crippen molar-refractivity contribution < 1.29 is 4.79 Å². The number of benzene rings is 3. The molecule has 0 aromatic heterocycles. The van der Waals surface area contributed by atoms with Crippen LogP contribution in [-0.4, -0.2) is 19.8 Å². The van der Waals surface area contributed by atoms with E-state index >= 15 is 0 Å². The van der Waals surface area contributed by atoms with Gasteiger partial charge in [0.1, 0.15) is 0 Å². The third-order valence-corrected chi connectivity index (χ3v) is 12.8. The van der Waals surface area contributed by atoms with Crippen molar-refractivity contribution in [3.8, 4) is 0 Å². The van der Waals surface area contributed by atoms with Gasteiger partial charge in [0.2, 0.25) is 0 Å². The summed E-state index contributed by atoms with van der Waals surface area (Å²) < 4.78 is 3.93. The summed E-state index contributed by atoms with van der Waals surface area (Å²) in [7, 11) is 0. The van der Waals surface area contributed by atoms with Crippen LogP contribution in [0.4, 0.5) is 0 Å². The van der Waals surface area contributed by atoms with Gasteiger partial charge in [-0.1, -0.05) is 0 Å². The average molecular weight is 349 g/mol. The maximum absolute atomic E-state index is 11.6. The fourth-order valence-electron chi connectivity index (χ4n) is 2.92. The predicted octanol–water partition coefficient (Wildman–Crippen LogP) is 2.36. The number of hydrogen-bond acceptors (Lipinski definition) is 1. The molecular formula is C20H18AsO+. The Morgan fingerprint density at radius 1 is 0.591 bits per heavy atom. The molecule has 0 aliphatic heterocycles. The van der Waals surface area contributed by atoms with Crippen LogP contribution < -0.4 is 13.1 Å². The molecule has 0 aliphatic carbocycles. The molecule has 0 heterocycles. The van der Waals surface area contributed by atoms with E-state index in [1.54, 1.807) is 0 Å². The molecule has 3 aromatic carbocycles. The minimum absolute atomic E-state index is 0.594. The molecule has 3 rings (SSSR count). The zero-order valence-corrected chi connectivity index (χ0v) is 14.2. The Balaban J connectivity index is 2.31. The summed E-state index contributed by atoms with van der Waals surface area (Å²) in [6, 6.07) is 31.6. The topological polar surface area (TPSA) is 17.1 Å². The molecule has 0 bridgehead atoms. The normalized spacial score (nSPS) is 11.1. The molecular weight excluding hydrogens is 331 g/mol. The van der Waals surface area contributed by atoms with E-state index in [9.17, 15) is 4.79 Å². The maximum atomic E-state index is 11.6. The quantitative estimate of drug-likeness (QED) is 0.511. The monoisotopic (exact) mass is 349 g/mol. The van der Waals surface area contributed by atoms with E-state index in [2.05, 4.69) is 72.8 Å². The predicted molar refractivity (Wildman–Crippen MR) is 94.9 cm³/mol. The van der Waals surface area contributed by atoms with Crippen molar-refractivity contribution in [1.82, 2.24) is 0 Å². The molecule has 22 heavy (non-hydrogen) atoms. The Bertz CT molecular complexity index is 627. The summed E-state index contributed by atoms with van der Waals surface area (Å²) in [5.41, 5.74) is 0. The Kier molecular flexibility index (Phi) is 4.55. The van der Waals surface area contributed by atoms with Crippen LogP contribution in [0.25, 0.3) is 0 Å². The van der Waals surface area contributed by atoms with E-state index in [4.69, 9.17) is 0 Å². The molecule has 0 radical (unpaired) electrons. The van der Waals surface area contributed by atoms with Crippen molar-refractivity contribution >= 4 is 32.9 Å². The molecule has 0 spiro atoms. The average Bonchev–Trinajstić information content (AvgIpc) is 2.62. The molecule has 108 valence electrons. The van der Waals surface area contributed by atoms with Crippen LogP contribution in [0.1, 0.15) is 0 Å². The standard InChI is InChI=1S/C20H18AsO/c22-17-16-21(18-10-4-1-5-11-18,19-12-6-2-7-13-19)20-14-8-3-9-15-20/h1-15,17H,16H2/q+1. The van der Waals surface area contributed by atoms with Crippen LogP contribution in [-0.2, 0) is 4.79 Å². The number of carbonyl (C=O) groups excluding carboxylic acids is 1. The molecule has 0 aliphatic rings. The van der Waals surface area contributed by atoms with Gasteiger partial charge in [0, 0.05) is 0 Å². The summed E-state index contributed by atoms with van der Waals surface area (Å²) in [6.07, 6.45) is 1.10. The van der Waals surface area contributed by atoms with Gasteiger partial charge < -0.3 is 0 Å². The molecule has 2 heteroatoms. The summed E-state index contributed by atoms with van der Waals surface area (Å²) in [5, 5.41) is 0.594. The second-order valence-corrected chi connectivity index (χ2v) is 12.6. The summed E-state index contributed by atoms with van der Waals surface area (Å²) >= 11 is -2.73. The van der Waals surface area contributed by atoms with E-state index < -0.39 is 13.6 Å². The van der Waals surface area contributed by atoms with Crippen molar-refractivity contribution in [2.45, 2.75) is 5.21 Å². The Morgan fingerprint density at radius 3 is 1.18 bits per heavy atom. The first-order chi connectivity index (χ1) is 10.9. The number of carbonyl (C=O) groups is 1. The van der Waals surface area contributed by atoms with Crippen LogP contribution in [0.2, 0.25) is 5.21 Å². The fourth-order valence-corrected chi connectivity index (χ4v) is 10.9. The Morgan fingerprint density at radius 2 is 0.909 bits per heavy atom. The van der Waals surface area contributed by atoms with Crippen LogP contribution in [0.3, 0.4) is 0 Å². The van der Waals surface area contributed by atoms with Gasteiger partial charge in [0.05, 0.1) is 0 Å². The van der Waals surface area contributed by atoms with Gasteiger partial charge >= 0.3 is 134 Å². The second-order valence-electron chi connectivity index (χ2n) is 5.17. The van der Waals surface area contributed by atoms with Gasteiger partial charge in [-0.25, -0.2) is 0 Å². The molecule has 0 saturated carbocycles. The first-order valence-electron chi connectivity index (χ1n) is 7.36. The third kappa shape index (κ3) is 2.65. The summed E-state index contributed by atoms with van der Waals surface area (Å²) in [4.78, 5) is 11.6. The van der Waals surface area contributed by atoms with Crippen LogP contribution in [0.15, 0.2) is 91.0 Å². The van der Waals surface area contributed by atoms with Gasteiger partial charge in [-0.2, -0.15) is 0 Å². The van der Waals surface area contributed by atoms with Crippen molar-refractivity contribution in [2.75, 3.05) is 0 Å². The minimum atomic E-state index is -2.73. The molecule has 0 atom stereocenters. The second kappa shape index (κ2) is 6.77. The van der Waals surface area contributed by atoms with Crippen molar-refractivity contribution in [3.63, 3.8) is 0 Å². The molecule has 1 nitrogen and oxygen atoms in total. The van der Waals surface area contributed by atoms with Crippen LogP contribution in [0.5, 0.6) is 0 Å². The summed E-state index contributed by atoms with van der Waals surface area (Å²) in [6.45, 7) is 0. The Labute approximate surface area is 134 Å². The Hall–Kier alpha value is -2.11. The van der Waals surface area contributed by atoms with Crippen molar-refractivity contribution in [1.29, 1.82) is 0 Å². The van der Waals surface area contributed by atoms with Crippen LogP contribution in [0, 0.1) is 0 Å². The number of hydrogen-bond donors (Lipinski definition) is 0. The van der Waals surface area contributed by atoms with Gasteiger partial charge in [-0.15, -0.1) is 0 Å². The van der Waals surface area contributed by atoms with Gasteiger partial charge in [-0.05, 0) is 0 Å². The molecule has 0 fully saturated rings. The molecule has 0 amide bonds. The zero-order chi connectivity index (χ0) is 15.3. The van der Waals surface area contributed by atoms with Gasteiger partial charge in [0.15, 0.2) is 0 Å². The fraction of sp³-hybridized carbons (Fsp3) is 0.0500. The van der Waals surface area contributed by atoms with E-state index in [0.29, 0.717) is 5.21 Å². The zero-order valence-electron chi connectivity index (χ0n) is 12.3. The van der Waals surface area contributed by atoms with E-state index in [1.165, 1.54) is 13.1 Å². The first-order valence-corrected chi connectivity index (χ1v) is 11.5. The third-order valence-electron chi connectivity index (χ3n) is 3.94. The van der Waals surface area contributed by atoms with E-state index in [1.807, 2.05) is 18.2 Å². The summed E-state index contributed by atoms with van der Waals surface area (Å²) in [5.74, 6) is 0. The molecule has 3 aromatic rings. The van der Waals surface area contributed by atoms with E-state index in [-0.39, 0.29) is 0 Å². The van der Waals surface area contributed by atoms with Gasteiger partial charge in [0.25, 0.3) is 0 Å². The van der Waals surface area contributed by atoms with Crippen LogP contribution >= 0.6 is 0 Å². The number of rotatable bonds is 5. The molecule has 0 saturated heterocycles. The molecule has 0 unspecified atom stereocenters. The molecule has 0 N–H and O–H groups in total. The first kappa shape index (κ1) is 14.8. The van der Waals surface area contributed by atoms with Crippen molar-refractivity contribution in [3.05, 3.63) is 91.0 Å². The SMILES string of the molecule is O=CC[As+](c1ccccc1)(c1ccccc1)c1ccccc1. The number of aldehydes is 1.